The number of aromatic nitrogens is 2. The van der Waals surface area contributed by atoms with E-state index < -0.39 is 0 Å². The van der Waals surface area contributed by atoms with Gasteiger partial charge < -0.3 is 24.1 Å². The van der Waals surface area contributed by atoms with Crippen LogP contribution >= 0.6 is 0 Å². The molecule has 0 amide bonds. The zero-order valence-electron chi connectivity index (χ0n) is 15.6. The van der Waals surface area contributed by atoms with Crippen molar-refractivity contribution in [3.8, 4) is 22.6 Å². The number of hydrogen-bond acceptors (Lipinski definition) is 4. The fraction of sp³-hybridized carbons (Fsp3) is 0.381. The maximum absolute atomic E-state index is 12.3. The van der Waals surface area contributed by atoms with Gasteiger partial charge >= 0.3 is 0 Å². The van der Waals surface area contributed by atoms with E-state index in [1.54, 1.807) is 49.3 Å². The van der Waals surface area contributed by atoms with Crippen LogP contribution in [-0.4, -0.2) is 34.0 Å². The molecule has 0 unspecified atom stereocenters. The van der Waals surface area contributed by atoms with Crippen molar-refractivity contribution in [3.63, 3.8) is 0 Å². The van der Waals surface area contributed by atoms with E-state index in [4.69, 9.17) is 9.47 Å². The molecule has 1 aliphatic rings. The molecule has 27 heavy (non-hydrogen) atoms. The minimum Gasteiger partial charge on any atom is -0.508 e. The number of methoxy groups -OCH3 is 1. The molecule has 0 aliphatic heterocycles. The topological polar surface area (TPSA) is 76.5 Å². The lowest BCUT2D eigenvalue weighted by Gasteiger charge is -2.29. The largest absolute Gasteiger partial charge is 0.508 e. The molecular weight excluding hydrogens is 344 g/mol. The van der Waals surface area contributed by atoms with Crippen LogP contribution < -0.4 is 10.3 Å². The molecule has 2 heterocycles. The Morgan fingerprint density at radius 1 is 1.11 bits per heavy atom. The van der Waals surface area contributed by atoms with Crippen LogP contribution in [0.25, 0.3) is 22.0 Å². The molecule has 1 aliphatic carbocycles. The van der Waals surface area contributed by atoms with E-state index in [2.05, 4.69) is 4.98 Å². The van der Waals surface area contributed by atoms with E-state index in [9.17, 15) is 9.90 Å². The molecule has 0 radical (unpaired) electrons. The van der Waals surface area contributed by atoms with Crippen LogP contribution in [0.2, 0.25) is 0 Å². The van der Waals surface area contributed by atoms with Crippen molar-refractivity contribution in [3.05, 3.63) is 47.0 Å². The number of benzene rings is 1. The molecule has 2 N–H and O–H groups in total. The van der Waals surface area contributed by atoms with Crippen LogP contribution in [0.1, 0.15) is 25.7 Å². The van der Waals surface area contributed by atoms with E-state index in [0.717, 1.165) is 47.9 Å². The average Bonchev–Trinajstić information content (AvgIpc) is 3.17. The first kappa shape index (κ1) is 17.7. The third kappa shape index (κ3) is 3.32. The zero-order chi connectivity index (χ0) is 19.0. The van der Waals surface area contributed by atoms with Crippen molar-refractivity contribution >= 4 is 10.9 Å². The second kappa shape index (κ2) is 7.12. The van der Waals surface area contributed by atoms with Gasteiger partial charge in [-0.3, -0.25) is 4.79 Å². The molecule has 1 fully saturated rings. The lowest BCUT2D eigenvalue weighted by Crippen LogP contribution is -2.27. The highest BCUT2D eigenvalue weighted by molar-refractivity contribution is 5.96. The van der Waals surface area contributed by atoms with Crippen molar-refractivity contribution in [2.75, 3.05) is 7.11 Å². The molecule has 0 atom stereocenters. The Kier molecular flexibility index (Phi) is 4.66. The molecule has 3 aromatic rings. The van der Waals surface area contributed by atoms with Crippen LogP contribution in [0.4, 0.5) is 0 Å². The number of rotatable bonds is 4. The Morgan fingerprint density at radius 2 is 1.85 bits per heavy atom. The lowest BCUT2D eigenvalue weighted by atomic mass is 9.94. The SMILES string of the molecule is COC1CCC(Oc2ccc(O)cc2-c2cn(C)c(=O)c3[nH]ccc23)CC1. The summed E-state index contributed by atoms with van der Waals surface area (Å²) < 4.78 is 13.3. The fourth-order valence-electron chi connectivity index (χ4n) is 3.88. The third-order valence-corrected chi connectivity index (χ3v) is 5.40. The van der Waals surface area contributed by atoms with Crippen LogP contribution in [0.3, 0.4) is 0 Å². The van der Waals surface area contributed by atoms with Crippen LogP contribution in [-0.2, 0) is 11.8 Å². The van der Waals surface area contributed by atoms with Gasteiger partial charge in [0, 0.05) is 43.1 Å². The lowest BCUT2D eigenvalue weighted by molar-refractivity contribution is 0.0329. The van der Waals surface area contributed by atoms with Crippen LogP contribution in [0, 0.1) is 0 Å². The Labute approximate surface area is 157 Å². The standard InChI is InChI=1S/C21H24N2O4/c1-23-12-18(16-9-10-22-20(16)21(23)25)17-11-13(24)3-8-19(17)27-15-6-4-14(26-2)5-7-15/h3,8-12,14-15,22,24H,4-7H2,1-2H3. The number of nitrogens with zero attached hydrogens (tertiary/aromatic N) is 1. The second-order valence-electron chi connectivity index (χ2n) is 7.16. The highest BCUT2D eigenvalue weighted by Gasteiger charge is 2.23. The predicted molar refractivity (Wildman–Crippen MR) is 104 cm³/mol. The summed E-state index contributed by atoms with van der Waals surface area (Å²) in [6.45, 7) is 0. The van der Waals surface area contributed by atoms with Gasteiger partial charge in [-0.15, -0.1) is 0 Å². The number of nitrogens with one attached hydrogen (secondary N) is 1. The summed E-state index contributed by atoms with van der Waals surface area (Å²) in [7, 11) is 3.48. The highest BCUT2D eigenvalue weighted by atomic mass is 16.5. The van der Waals surface area contributed by atoms with E-state index in [-0.39, 0.29) is 17.4 Å². The van der Waals surface area contributed by atoms with Gasteiger partial charge in [0.2, 0.25) is 0 Å². The number of aromatic amines is 1. The molecule has 142 valence electrons. The van der Waals surface area contributed by atoms with Gasteiger partial charge in [-0.25, -0.2) is 0 Å². The fourth-order valence-corrected chi connectivity index (χ4v) is 3.88. The van der Waals surface area contributed by atoms with Crippen molar-refractivity contribution in [1.82, 2.24) is 9.55 Å². The van der Waals surface area contributed by atoms with Gasteiger partial charge in [-0.1, -0.05) is 0 Å². The van der Waals surface area contributed by atoms with Gasteiger partial charge in [0.25, 0.3) is 5.56 Å². The summed E-state index contributed by atoms with van der Waals surface area (Å²) in [5, 5.41) is 10.9. The van der Waals surface area contributed by atoms with Gasteiger partial charge in [0.1, 0.15) is 17.0 Å². The average molecular weight is 368 g/mol. The summed E-state index contributed by atoms with van der Waals surface area (Å²) >= 11 is 0. The number of phenols is 1. The Balaban J connectivity index is 1.74. The first-order valence-corrected chi connectivity index (χ1v) is 9.26. The van der Waals surface area contributed by atoms with Gasteiger partial charge in [0.15, 0.2) is 0 Å². The highest BCUT2D eigenvalue weighted by Crippen LogP contribution is 2.38. The predicted octanol–water partition coefficient (Wildman–Crippen LogP) is 3.58. The van der Waals surface area contributed by atoms with Gasteiger partial charge in [-0.2, -0.15) is 0 Å². The number of pyridine rings is 1. The van der Waals surface area contributed by atoms with Crippen LogP contribution in [0.5, 0.6) is 11.5 Å². The number of ether oxygens (including phenoxy) is 2. The first-order chi connectivity index (χ1) is 13.1. The zero-order valence-corrected chi connectivity index (χ0v) is 15.6. The minimum absolute atomic E-state index is 0.0840. The molecular formula is C21H24N2O4. The number of H-pyrrole nitrogens is 1. The van der Waals surface area contributed by atoms with Crippen molar-refractivity contribution in [2.24, 2.45) is 7.05 Å². The van der Waals surface area contributed by atoms with Crippen molar-refractivity contribution in [2.45, 2.75) is 37.9 Å². The molecule has 6 heteroatoms. The summed E-state index contributed by atoms with van der Waals surface area (Å²) in [5.74, 6) is 0.882. The molecule has 4 rings (SSSR count). The van der Waals surface area contributed by atoms with E-state index in [1.165, 1.54) is 0 Å². The molecule has 1 saturated carbocycles. The molecule has 2 aromatic heterocycles. The number of phenolic OH excluding ortho intramolecular Hbond substituents is 1. The van der Waals surface area contributed by atoms with Gasteiger partial charge in [0.05, 0.1) is 12.2 Å². The molecule has 6 nitrogen and oxygen atoms in total. The molecule has 0 spiro atoms. The summed E-state index contributed by atoms with van der Waals surface area (Å²) in [5.41, 5.74) is 2.10. The normalized spacial score (nSPS) is 20.1. The quantitative estimate of drug-likeness (QED) is 0.738. The maximum atomic E-state index is 12.3. The Morgan fingerprint density at radius 3 is 2.59 bits per heavy atom. The number of aromatic hydroxyl groups is 1. The van der Waals surface area contributed by atoms with Crippen molar-refractivity contribution < 1.29 is 14.6 Å². The van der Waals surface area contributed by atoms with E-state index in [0.29, 0.717) is 11.6 Å². The Bertz CT molecular complexity index is 1010. The van der Waals surface area contributed by atoms with E-state index >= 15 is 0 Å². The molecule has 0 bridgehead atoms. The minimum atomic E-state index is -0.0840. The molecule has 0 saturated heterocycles. The smallest absolute Gasteiger partial charge is 0.274 e. The second-order valence-corrected chi connectivity index (χ2v) is 7.16. The monoisotopic (exact) mass is 368 g/mol. The van der Waals surface area contributed by atoms with Gasteiger partial charge in [-0.05, 0) is 49.9 Å². The summed E-state index contributed by atoms with van der Waals surface area (Å²) in [6.07, 6.45) is 7.82. The maximum Gasteiger partial charge on any atom is 0.274 e. The van der Waals surface area contributed by atoms with Crippen molar-refractivity contribution in [1.29, 1.82) is 0 Å². The van der Waals surface area contributed by atoms with Crippen LogP contribution in [0.15, 0.2) is 41.5 Å². The number of aryl methyl sites for hydroxylation is 1. The van der Waals surface area contributed by atoms with E-state index in [1.807, 2.05) is 6.07 Å². The first-order valence-electron chi connectivity index (χ1n) is 9.26. The number of hydrogen-bond donors (Lipinski definition) is 2. The Hall–Kier alpha value is -2.73. The summed E-state index contributed by atoms with van der Waals surface area (Å²) in [6, 6.07) is 7.01. The summed E-state index contributed by atoms with van der Waals surface area (Å²) in [4.78, 5) is 15.4. The number of fused-ring (bicyclic) bond motifs is 1. The third-order valence-electron chi connectivity index (χ3n) is 5.40. The molecule has 1 aromatic carbocycles.